The van der Waals surface area contributed by atoms with Crippen molar-refractivity contribution in [3.63, 3.8) is 0 Å². The first-order chi connectivity index (χ1) is 13.0. The predicted octanol–water partition coefficient (Wildman–Crippen LogP) is 1.78. The van der Waals surface area contributed by atoms with Gasteiger partial charge in [-0.2, -0.15) is 0 Å². The summed E-state index contributed by atoms with van der Waals surface area (Å²) in [5.74, 6) is -0.578. The van der Waals surface area contributed by atoms with Gasteiger partial charge in [0.05, 0.1) is 17.7 Å². The van der Waals surface area contributed by atoms with Crippen LogP contribution in [-0.2, 0) is 17.4 Å². The van der Waals surface area contributed by atoms with Crippen molar-refractivity contribution in [3.05, 3.63) is 70.2 Å². The van der Waals surface area contributed by atoms with E-state index in [1.165, 1.54) is 11.3 Å². The molecule has 0 aliphatic carbocycles. The number of ether oxygens (including phenoxy) is 1. The molecule has 0 amide bonds. The van der Waals surface area contributed by atoms with Crippen LogP contribution in [0.3, 0.4) is 0 Å². The summed E-state index contributed by atoms with van der Waals surface area (Å²) < 4.78 is 7.77. The fourth-order valence-electron chi connectivity index (χ4n) is 3.26. The van der Waals surface area contributed by atoms with Crippen LogP contribution in [0.15, 0.2) is 52.9 Å². The summed E-state index contributed by atoms with van der Waals surface area (Å²) in [6.45, 7) is 3.98. The maximum atomic E-state index is 13.2. The zero-order chi connectivity index (χ0) is 19.1. The first-order valence-electron chi connectivity index (χ1n) is 8.54. The number of nitrogens with zero attached hydrogens (tertiary/aromatic N) is 1. The number of fused-ring (bicyclic) bond motifs is 3. The Kier molecular flexibility index (Phi) is 6.76. The Balaban J connectivity index is 0.00000225. The number of pyridine rings is 1. The minimum Gasteiger partial charge on any atom is -0.462 e. The Bertz CT molecular complexity index is 1200. The summed E-state index contributed by atoms with van der Waals surface area (Å²) in [5.41, 5.74) is 3.41. The molecule has 0 atom stereocenters. The summed E-state index contributed by atoms with van der Waals surface area (Å²) >= 11 is 6.80. The molecule has 0 radical (unpaired) electrons. The second-order valence-corrected chi connectivity index (χ2v) is 7.88. The summed E-state index contributed by atoms with van der Waals surface area (Å²) in [7, 11) is 0. The molecule has 0 fully saturated rings. The monoisotopic (exact) mass is 433 g/mol. The van der Waals surface area contributed by atoms with Crippen molar-refractivity contribution in [3.8, 4) is 0 Å². The number of esters is 1. The number of aryl methyl sites for hydroxylation is 1. The molecule has 0 unspecified atom stereocenters. The van der Waals surface area contributed by atoms with Crippen molar-refractivity contribution in [1.82, 2.24) is 4.40 Å². The maximum Gasteiger partial charge on any atom is 1.00 e. The topological polar surface area (TPSA) is 47.8 Å². The standard InChI is InChI=1S/C21H17NO3S2.K/c1-3-25-20(24)15-14-11-12(2)9-10-22(14)17-16(15)19(27-21(17)26)18(23)13-7-5-4-6-8-13;/h4-11,26H,3H2,1-2H3;/q;+1/p-1. The molecular weight excluding hydrogens is 417 g/mol. The maximum absolute atomic E-state index is 13.2. The van der Waals surface area contributed by atoms with E-state index in [4.69, 9.17) is 17.4 Å². The van der Waals surface area contributed by atoms with Crippen molar-refractivity contribution < 1.29 is 65.7 Å². The average Bonchev–Trinajstić information content (AvgIpc) is 3.17. The Morgan fingerprint density at radius 3 is 2.57 bits per heavy atom. The van der Waals surface area contributed by atoms with E-state index >= 15 is 0 Å². The molecule has 4 nitrogen and oxygen atoms in total. The summed E-state index contributed by atoms with van der Waals surface area (Å²) in [6, 6.07) is 12.9. The number of aromatic nitrogens is 1. The van der Waals surface area contributed by atoms with E-state index in [9.17, 15) is 9.59 Å². The molecule has 0 N–H and O–H groups in total. The zero-order valence-corrected chi connectivity index (χ0v) is 20.6. The molecule has 4 rings (SSSR count). The molecule has 136 valence electrons. The molecule has 4 aromatic rings. The third-order valence-corrected chi connectivity index (χ3v) is 5.85. The smallest absolute Gasteiger partial charge is 0.462 e. The fraction of sp³-hybridized carbons (Fsp3) is 0.143. The summed E-state index contributed by atoms with van der Waals surface area (Å²) in [6.07, 6.45) is 1.88. The first-order valence-corrected chi connectivity index (χ1v) is 9.76. The minimum atomic E-state index is -0.439. The second-order valence-electron chi connectivity index (χ2n) is 6.19. The van der Waals surface area contributed by atoms with Crippen LogP contribution in [0, 0.1) is 6.92 Å². The number of carbonyl (C=O) groups excluding carboxylic acids is 2. The van der Waals surface area contributed by atoms with E-state index in [2.05, 4.69) is 0 Å². The largest absolute Gasteiger partial charge is 1.00 e. The number of ketones is 1. The number of hydrogen-bond acceptors (Lipinski definition) is 5. The van der Waals surface area contributed by atoms with E-state index in [-0.39, 0.29) is 63.8 Å². The van der Waals surface area contributed by atoms with Gasteiger partial charge in [-0.25, -0.2) is 4.79 Å². The van der Waals surface area contributed by atoms with Gasteiger partial charge >= 0.3 is 57.4 Å². The van der Waals surface area contributed by atoms with Crippen LogP contribution in [0.4, 0.5) is 0 Å². The molecule has 3 heterocycles. The molecule has 1 aromatic carbocycles. The van der Waals surface area contributed by atoms with Crippen molar-refractivity contribution >= 4 is 52.1 Å². The van der Waals surface area contributed by atoms with Crippen LogP contribution >= 0.6 is 11.3 Å². The van der Waals surface area contributed by atoms with E-state index < -0.39 is 5.97 Å². The van der Waals surface area contributed by atoms with Gasteiger partial charge in [-0.05, 0) is 36.4 Å². The van der Waals surface area contributed by atoms with Gasteiger partial charge in [0.25, 0.3) is 0 Å². The average molecular weight is 434 g/mol. The Morgan fingerprint density at radius 1 is 1.18 bits per heavy atom. The van der Waals surface area contributed by atoms with Gasteiger partial charge in [-0.15, -0.1) is 0 Å². The van der Waals surface area contributed by atoms with E-state index in [1.807, 2.05) is 47.9 Å². The Labute approximate surface area is 214 Å². The molecule has 0 bridgehead atoms. The number of hydrogen-bond donors (Lipinski definition) is 0. The molecule has 7 heteroatoms. The Hall–Kier alpha value is -1.06. The third-order valence-electron chi connectivity index (χ3n) is 4.43. The van der Waals surface area contributed by atoms with Crippen molar-refractivity contribution in [2.45, 2.75) is 18.1 Å². The fourth-order valence-corrected chi connectivity index (χ4v) is 4.71. The van der Waals surface area contributed by atoms with Gasteiger partial charge in [-0.1, -0.05) is 34.5 Å². The van der Waals surface area contributed by atoms with Crippen LogP contribution in [0.2, 0.25) is 0 Å². The number of benzene rings is 1. The zero-order valence-electron chi connectivity index (χ0n) is 15.8. The van der Waals surface area contributed by atoms with Crippen LogP contribution in [0.5, 0.6) is 0 Å². The molecule has 0 saturated heterocycles. The summed E-state index contributed by atoms with van der Waals surface area (Å²) in [4.78, 5) is 26.4. The predicted molar refractivity (Wildman–Crippen MR) is 109 cm³/mol. The first kappa shape index (κ1) is 21.6. The van der Waals surface area contributed by atoms with E-state index in [0.717, 1.165) is 5.56 Å². The van der Waals surface area contributed by atoms with Gasteiger partial charge < -0.3 is 33.1 Å². The van der Waals surface area contributed by atoms with Crippen LogP contribution in [-0.4, -0.2) is 22.8 Å². The third kappa shape index (κ3) is 3.61. The molecule has 0 aliphatic heterocycles. The number of rotatable bonds is 4. The molecule has 3 aromatic heterocycles. The molecule has 0 spiro atoms. The van der Waals surface area contributed by atoms with Crippen LogP contribution in [0.1, 0.15) is 38.1 Å². The van der Waals surface area contributed by atoms with Crippen molar-refractivity contribution in [2.75, 3.05) is 6.61 Å². The number of carbonyl (C=O) groups is 2. The van der Waals surface area contributed by atoms with Crippen molar-refractivity contribution in [2.24, 2.45) is 0 Å². The van der Waals surface area contributed by atoms with Crippen LogP contribution < -0.4 is 51.4 Å². The SMILES string of the molecule is CCOC(=O)c1c2c(C(=O)c3ccccc3)sc([S-])c2n2ccc(C)cc12.[K+]. The van der Waals surface area contributed by atoms with Gasteiger partial charge in [-0.3, -0.25) is 4.79 Å². The Morgan fingerprint density at radius 2 is 1.89 bits per heavy atom. The molecule has 28 heavy (non-hydrogen) atoms. The number of thiophene rings is 1. The summed E-state index contributed by atoms with van der Waals surface area (Å²) in [5, 5.41) is 0.586. The van der Waals surface area contributed by atoms with Gasteiger partial charge in [0.2, 0.25) is 0 Å². The molecule has 0 aliphatic rings. The molecule has 0 saturated carbocycles. The van der Waals surface area contributed by atoms with Gasteiger partial charge in [0, 0.05) is 22.7 Å². The second kappa shape index (κ2) is 8.75. The van der Waals surface area contributed by atoms with Gasteiger partial charge in [0.15, 0.2) is 5.78 Å². The molecular formula is C21H16KNO3S2. The van der Waals surface area contributed by atoms with E-state index in [1.54, 1.807) is 19.1 Å². The quantitative estimate of drug-likeness (QED) is 0.213. The van der Waals surface area contributed by atoms with Crippen molar-refractivity contribution in [1.29, 1.82) is 0 Å². The van der Waals surface area contributed by atoms with Gasteiger partial charge in [0.1, 0.15) is 0 Å². The normalized spacial score (nSPS) is 10.8. The van der Waals surface area contributed by atoms with Crippen LogP contribution in [0.25, 0.3) is 16.4 Å². The van der Waals surface area contributed by atoms with E-state index in [0.29, 0.717) is 36.6 Å². The minimum absolute atomic E-state index is 0.